The van der Waals surface area contributed by atoms with Gasteiger partial charge in [-0.15, -0.1) is 0 Å². The predicted molar refractivity (Wildman–Crippen MR) is 150 cm³/mol. The van der Waals surface area contributed by atoms with Gasteiger partial charge >= 0.3 is 0 Å². The van der Waals surface area contributed by atoms with Crippen molar-refractivity contribution in [3.63, 3.8) is 0 Å². The lowest BCUT2D eigenvalue weighted by molar-refractivity contribution is -0.123. The number of nitrogens with zero attached hydrogens (tertiary/aromatic N) is 1. The molecule has 37 heavy (non-hydrogen) atoms. The number of carbonyl (C=O) groups excluding carboxylic acids is 1. The van der Waals surface area contributed by atoms with E-state index in [1.807, 2.05) is 50.3 Å². The summed E-state index contributed by atoms with van der Waals surface area (Å²) >= 11 is 5.98. The van der Waals surface area contributed by atoms with E-state index >= 15 is 0 Å². The van der Waals surface area contributed by atoms with Crippen LogP contribution in [0.3, 0.4) is 0 Å². The van der Waals surface area contributed by atoms with Crippen molar-refractivity contribution in [1.29, 1.82) is 0 Å². The number of aromatic nitrogens is 1. The highest BCUT2D eigenvalue weighted by atomic mass is 35.5. The maximum absolute atomic E-state index is 14.5. The average molecular weight is 527 g/mol. The third kappa shape index (κ3) is 8.60. The quantitative estimate of drug-likeness (QED) is 0.363. The second-order valence-electron chi connectivity index (χ2n) is 8.53. The topological polar surface area (TPSA) is 60.3 Å². The molecule has 1 N–H and O–H groups in total. The summed E-state index contributed by atoms with van der Waals surface area (Å²) in [6, 6.07) is 10.9. The summed E-state index contributed by atoms with van der Waals surface area (Å²) in [6.07, 6.45) is 7.92. The first-order valence-corrected chi connectivity index (χ1v) is 12.9. The van der Waals surface area contributed by atoms with Gasteiger partial charge in [-0.2, -0.15) is 0 Å². The lowest BCUT2D eigenvalue weighted by Gasteiger charge is -2.16. The van der Waals surface area contributed by atoms with Crippen LogP contribution >= 0.6 is 11.6 Å². The standard InChI is InChI=1S/C28H30ClFN2O3.C2H6/c1-4-8-24(29)27(30)19(2)15-21-11-12-25-22(16-20(3)28(34)32(25)14-13-21)17-31-26(33)18-35-23-9-6-5-7-10-23;1-2/h4-12,16,21H,1,13-15,17-18H2,2-3H3,(H,31,33);1-2H3/b24-8+,27-19-;. The van der Waals surface area contributed by atoms with Crippen LogP contribution in [0.15, 0.2) is 82.4 Å². The number of nitrogens with one attached hydrogen (secondary N) is 1. The predicted octanol–water partition coefficient (Wildman–Crippen LogP) is 6.85. The molecule has 0 bridgehead atoms. The number of benzene rings is 1. The zero-order chi connectivity index (χ0) is 27.4. The number of halogens is 2. The third-order valence-corrected chi connectivity index (χ3v) is 6.14. The van der Waals surface area contributed by atoms with Crippen LogP contribution in [0.1, 0.15) is 50.4 Å². The Labute approximate surface area is 224 Å². The Morgan fingerprint density at radius 3 is 2.68 bits per heavy atom. The Kier molecular flexibility index (Phi) is 12.1. The fourth-order valence-corrected chi connectivity index (χ4v) is 4.27. The van der Waals surface area contributed by atoms with E-state index in [9.17, 15) is 14.0 Å². The van der Waals surface area contributed by atoms with Crippen LogP contribution < -0.4 is 15.6 Å². The van der Waals surface area contributed by atoms with Gasteiger partial charge in [-0.05, 0) is 74.1 Å². The summed E-state index contributed by atoms with van der Waals surface area (Å²) in [5, 5.41) is 2.90. The van der Waals surface area contributed by atoms with E-state index in [0.29, 0.717) is 36.3 Å². The van der Waals surface area contributed by atoms with Crippen LogP contribution in [0.25, 0.3) is 6.08 Å². The Hall–Kier alpha value is -3.38. The van der Waals surface area contributed by atoms with E-state index in [4.69, 9.17) is 16.3 Å². The highest BCUT2D eigenvalue weighted by Gasteiger charge is 2.19. The molecule has 1 aliphatic rings. The van der Waals surface area contributed by atoms with Crippen molar-refractivity contribution in [2.45, 2.75) is 53.6 Å². The van der Waals surface area contributed by atoms with Gasteiger partial charge in [0, 0.05) is 24.3 Å². The Morgan fingerprint density at radius 2 is 2.00 bits per heavy atom. The van der Waals surface area contributed by atoms with Gasteiger partial charge in [0.2, 0.25) is 0 Å². The smallest absolute Gasteiger partial charge is 0.258 e. The fraction of sp³-hybridized carbons (Fsp3) is 0.333. The molecule has 1 unspecified atom stereocenters. The molecule has 198 valence electrons. The second kappa shape index (κ2) is 15.0. The van der Waals surface area contributed by atoms with Gasteiger partial charge in [0.25, 0.3) is 11.5 Å². The van der Waals surface area contributed by atoms with Gasteiger partial charge in [-0.1, -0.05) is 62.4 Å². The molecule has 1 aromatic carbocycles. The molecule has 3 rings (SSSR count). The zero-order valence-electron chi connectivity index (χ0n) is 22.0. The minimum absolute atomic E-state index is 0.0273. The van der Waals surface area contributed by atoms with Crippen LogP contribution in [0, 0.1) is 12.8 Å². The van der Waals surface area contributed by atoms with Gasteiger partial charge in [-0.3, -0.25) is 9.59 Å². The van der Waals surface area contributed by atoms with Crippen molar-refractivity contribution in [2.24, 2.45) is 5.92 Å². The van der Waals surface area contributed by atoms with Crippen molar-refractivity contribution in [3.8, 4) is 5.75 Å². The summed E-state index contributed by atoms with van der Waals surface area (Å²) < 4.78 is 21.8. The van der Waals surface area contributed by atoms with Crippen molar-refractivity contribution < 1.29 is 13.9 Å². The Balaban J connectivity index is 0.00000235. The van der Waals surface area contributed by atoms with Gasteiger partial charge in [0.1, 0.15) is 11.6 Å². The number of amides is 1. The molecule has 7 heteroatoms. The average Bonchev–Trinajstić information content (AvgIpc) is 3.13. The molecular weight excluding hydrogens is 491 g/mol. The second-order valence-corrected chi connectivity index (χ2v) is 8.94. The highest BCUT2D eigenvalue weighted by molar-refractivity contribution is 6.31. The van der Waals surface area contributed by atoms with Crippen LogP contribution in [0.4, 0.5) is 4.39 Å². The third-order valence-electron chi connectivity index (χ3n) is 5.85. The molecular formula is C30H36ClFN2O3. The van der Waals surface area contributed by atoms with E-state index < -0.39 is 5.83 Å². The number of pyridine rings is 1. The van der Waals surface area contributed by atoms with Gasteiger partial charge in [-0.25, -0.2) is 4.39 Å². The molecule has 1 aliphatic heterocycles. The van der Waals surface area contributed by atoms with Crippen LogP contribution in [-0.4, -0.2) is 17.1 Å². The van der Waals surface area contributed by atoms with Crippen LogP contribution in [0.2, 0.25) is 0 Å². The molecule has 2 aromatic rings. The summed E-state index contributed by atoms with van der Waals surface area (Å²) in [7, 11) is 0. The van der Waals surface area contributed by atoms with E-state index in [1.165, 1.54) is 12.2 Å². The fourth-order valence-electron chi connectivity index (χ4n) is 4.02. The Bertz CT molecular complexity index is 1230. The lowest BCUT2D eigenvalue weighted by Crippen LogP contribution is -2.31. The molecule has 5 nitrogen and oxygen atoms in total. The number of aryl methyl sites for hydroxylation is 1. The maximum Gasteiger partial charge on any atom is 0.258 e. The number of para-hydroxylation sites is 1. The zero-order valence-corrected chi connectivity index (χ0v) is 22.8. The molecule has 2 heterocycles. The summed E-state index contributed by atoms with van der Waals surface area (Å²) in [5.41, 5.74) is 2.67. The first-order chi connectivity index (χ1) is 17.8. The normalized spacial score (nSPS) is 15.4. The molecule has 0 radical (unpaired) electrons. The minimum Gasteiger partial charge on any atom is -0.484 e. The van der Waals surface area contributed by atoms with Crippen LogP contribution in [-0.2, 0) is 17.9 Å². The molecule has 1 amide bonds. The first-order valence-electron chi connectivity index (χ1n) is 12.5. The van der Waals surface area contributed by atoms with Gasteiger partial charge in [0.05, 0.1) is 5.03 Å². The molecule has 0 spiro atoms. The molecule has 0 saturated heterocycles. The van der Waals surface area contributed by atoms with Crippen molar-refractivity contribution in [3.05, 3.63) is 105 Å². The number of ether oxygens (including phenoxy) is 1. The SMILES string of the molecule is C=C/C=C(Cl)\C(F)=C(/C)CC1C=Cc2c(CNC(=O)COc3ccccc3)cc(C)c(=O)n2CC1.CC. The van der Waals surface area contributed by atoms with Crippen molar-refractivity contribution >= 4 is 23.6 Å². The lowest BCUT2D eigenvalue weighted by atomic mass is 9.96. The number of allylic oxidation sites excluding steroid dienone is 6. The summed E-state index contributed by atoms with van der Waals surface area (Å²) in [5.74, 6) is -0.0478. The van der Waals surface area contributed by atoms with Crippen molar-refractivity contribution in [1.82, 2.24) is 9.88 Å². The number of hydrogen-bond acceptors (Lipinski definition) is 3. The number of fused-ring (bicyclic) bond motifs is 1. The first kappa shape index (κ1) is 29.8. The minimum atomic E-state index is -0.448. The monoisotopic (exact) mass is 526 g/mol. The number of carbonyl (C=O) groups is 1. The number of rotatable bonds is 9. The van der Waals surface area contributed by atoms with E-state index in [-0.39, 0.29) is 35.6 Å². The molecule has 0 saturated carbocycles. The van der Waals surface area contributed by atoms with Crippen LogP contribution in [0.5, 0.6) is 5.75 Å². The summed E-state index contributed by atoms with van der Waals surface area (Å²) in [4.78, 5) is 25.2. The molecule has 1 atom stereocenters. The largest absolute Gasteiger partial charge is 0.484 e. The molecule has 0 aliphatic carbocycles. The van der Waals surface area contributed by atoms with Gasteiger partial charge in [0.15, 0.2) is 6.61 Å². The van der Waals surface area contributed by atoms with E-state index in [0.717, 1.165) is 11.3 Å². The Morgan fingerprint density at radius 1 is 1.30 bits per heavy atom. The van der Waals surface area contributed by atoms with Gasteiger partial charge < -0.3 is 14.6 Å². The van der Waals surface area contributed by atoms with Crippen molar-refractivity contribution in [2.75, 3.05) is 6.61 Å². The maximum atomic E-state index is 14.5. The summed E-state index contributed by atoms with van der Waals surface area (Å²) in [6.45, 7) is 11.7. The molecule has 1 aromatic heterocycles. The number of hydrogen-bond donors (Lipinski definition) is 1. The van der Waals surface area contributed by atoms with E-state index in [1.54, 1.807) is 30.5 Å². The molecule has 0 fully saturated rings. The highest BCUT2D eigenvalue weighted by Crippen LogP contribution is 2.28. The van der Waals surface area contributed by atoms with E-state index in [2.05, 4.69) is 11.9 Å².